The van der Waals surface area contributed by atoms with Gasteiger partial charge in [0.2, 0.25) is 10.0 Å². The number of piperidine rings is 1. The average Bonchev–Trinajstić information content (AvgIpc) is 2.32. The van der Waals surface area contributed by atoms with Crippen LogP contribution in [0.4, 0.5) is 4.39 Å². The SMILES string of the molecule is N[C@H]1CCCN(S(=O)(=O)c2cccc(Cl)c2F)C1. The van der Waals surface area contributed by atoms with Crippen LogP contribution in [0.3, 0.4) is 0 Å². The fraction of sp³-hybridized carbons (Fsp3) is 0.455. The van der Waals surface area contributed by atoms with Gasteiger partial charge in [-0.25, -0.2) is 12.8 Å². The van der Waals surface area contributed by atoms with E-state index in [1.54, 1.807) is 0 Å². The maximum atomic E-state index is 13.8. The Morgan fingerprint density at radius 3 is 2.83 bits per heavy atom. The Labute approximate surface area is 111 Å². The van der Waals surface area contributed by atoms with Gasteiger partial charge in [-0.05, 0) is 25.0 Å². The van der Waals surface area contributed by atoms with E-state index in [-0.39, 0.29) is 22.5 Å². The lowest BCUT2D eigenvalue weighted by molar-refractivity contribution is 0.315. The highest BCUT2D eigenvalue weighted by Crippen LogP contribution is 2.26. The Balaban J connectivity index is 2.39. The predicted octanol–water partition coefficient (Wildman–Crippen LogP) is 1.59. The zero-order valence-electron chi connectivity index (χ0n) is 9.64. The molecule has 1 aromatic rings. The summed E-state index contributed by atoms with van der Waals surface area (Å²) in [6.07, 6.45) is 1.46. The van der Waals surface area contributed by atoms with Crippen molar-refractivity contribution in [3.8, 4) is 0 Å². The molecule has 18 heavy (non-hydrogen) atoms. The predicted molar refractivity (Wildman–Crippen MR) is 67.4 cm³/mol. The first-order valence-corrected chi connectivity index (χ1v) is 7.44. The average molecular weight is 293 g/mol. The topological polar surface area (TPSA) is 63.4 Å². The van der Waals surface area contributed by atoms with E-state index in [0.29, 0.717) is 13.0 Å². The number of nitrogens with two attached hydrogens (primary N) is 1. The highest BCUT2D eigenvalue weighted by molar-refractivity contribution is 7.89. The van der Waals surface area contributed by atoms with Crippen molar-refractivity contribution in [2.75, 3.05) is 13.1 Å². The number of benzene rings is 1. The summed E-state index contributed by atoms with van der Waals surface area (Å²) in [6, 6.07) is 3.76. The number of nitrogens with zero attached hydrogens (tertiary/aromatic N) is 1. The van der Waals surface area contributed by atoms with Gasteiger partial charge in [0, 0.05) is 19.1 Å². The van der Waals surface area contributed by atoms with Crippen LogP contribution in [0.15, 0.2) is 23.1 Å². The Morgan fingerprint density at radius 1 is 1.44 bits per heavy atom. The van der Waals surface area contributed by atoms with Gasteiger partial charge in [0.1, 0.15) is 4.90 Å². The van der Waals surface area contributed by atoms with Crippen molar-refractivity contribution in [1.29, 1.82) is 0 Å². The van der Waals surface area contributed by atoms with Crippen LogP contribution >= 0.6 is 11.6 Å². The monoisotopic (exact) mass is 292 g/mol. The Morgan fingerprint density at radius 2 is 2.17 bits per heavy atom. The number of rotatable bonds is 2. The zero-order chi connectivity index (χ0) is 13.3. The molecule has 4 nitrogen and oxygen atoms in total. The summed E-state index contributed by atoms with van der Waals surface area (Å²) in [4.78, 5) is -0.385. The molecule has 1 atom stereocenters. The Bertz CT molecular complexity index is 550. The van der Waals surface area contributed by atoms with Crippen LogP contribution in [0.25, 0.3) is 0 Å². The third-order valence-electron chi connectivity index (χ3n) is 2.95. The molecule has 1 heterocycles. The van der Waals surface area contributed by atoms with E-state index in [4.69, 9.17) is 17.3 Å². The first kappa shape index (κ1) is 13.7. The molecule has 0 aromatic heterocycles. The summed E-state index contributed by atoms with van der Waals surface area (Å²) < 4.78 is 39.6. The second-order valence-electron chi connectivity index (χ2n) is 4.32. The van der Waals surface area contributed by atoms with E-state index >= 15 is 0 Å². The van der Waals surface area contributed by atoms with Crippen LogP contribution in [-0.2, 0) is 10.0 Å². The van der Waals surface area contributed by atoms with Gasteiger partial charge in [-0.1, -0.05) is 17.7 Å². The van der Waals surface area contributed by atoms with Crippen molar-refractivity contribution in [2.24, 2.45) is 5.73 Å². The lowest BCUT2D eigenvalue weighted by Gasteiger charge is -2.29. The van der Waals surface area contributed by atoms with Gasteiger partial charge in [-0.2, -0.15) is 4.31 Å². The van der Waals surface area contributed by atoms with Crippen LogP contribution in [0, 0.1) is 5.82 Å². The van der Waals surface area contributed by atoms with Gasteiger partial charge >= 0.3 is 0 Å². The minimum Gasteiger partial charge on any atom is -0.327 e. The molecule has 0 spiro atoms. The second kappa shape index (κ2) is 5.13. The van der Waals surface area contributed by atoms with Gasteiger partial charge in [0.15, 0.2) is 5.82 Å². The molecule has 1 saturated heterocycles. The molecule has 1 aromatic carbocycles. The molecule has 0 radical (unpaired) electrons. The molecule has 2 N–H and O–H groups in total. The summed E-state index contributed by atoms with van der Waals surface area (Å²) in [7, 11) is -3.85. The molecule has 100 valence electrons. The lowest BCUT2D eigenvalue weighted by Crippen LogP contribution is -2.45. The highest BCUT2D eigenvalue weighted by Gasteiger charge is 2.31. The number of halogens is 2. The van der Waals surface area contributed by atoms with Gasteiger partial charge in [0.25, 0.3) is 0 Å². The minimum absolute atomic E-state index is 0.197. The molecule has 0 unspecified atom stereocenters. The first-order chi connectivity index (χ1) is 8.43. The number of hydrogen-bond acceptors (Lipinski definition) is 3. The fourth-order valence-corrected chi connectivity index (χ4v) is 3.87. The summed E-state index contributed by atoms with van der Waals surface area (Å²) in [5.74, 6) is -0.904. The summed E-state index contributed by atoms with van der Waals surface area (Å²) in [6.45, 7) is 0.580. The van der Waals surface area contributed by atoms with Crippen LogP contribution in [0.1, 0.15) is 12.8 Å². The molecule has 1 aliphatic heterocycles. The Hall–Kier alpha value is -0.690. The van der Waals surface area contributed by atoms with Gasteiger partial charge in [-0.3, -0.25) is 0 Å². The second-order valence-corrected chi connectivity index (χ2v) is 6.63. The maximum absolute atomic E-state index is 13.8. The summed E-state index contributed by atoms with van der Waals surface area (Å²) in [5, 5.41) is -0.197. The van der Waals surface area contributed by atoms with Crippen molar-refractivity contribution >= 4 is 21.6 Å². The molecule has 0 amide bonds. The van der Waals surface area contributed by atoms with Gasteiger partial charge in [0.05, 0.1) is 5.02 Å². The van der Waals surface area contributed by atoms with E-state index in [1.165, 1.54) is 22.5 Å². The van der Waals surface area contributed by atoms with Crippen molar-refractivity contribution in [3.05, 3.63) is 29.0 Å². The molecule has 1 aliphatic rings. The van der Waals surface area contributed by atoms with E-state index in [2.05, 4.69) is 0 Å². The molecule has 7 heteroatoms. The third-order valence-corrected chi connectivity index (χ3v) is 5.13. The first-order valence-electron chi connectivity index (χ1n) is 5.62. The van der Waals surface area contributed by atoms with Crippen molar-refractivity contribution in [2.45, 2.75) is 23.8 Å². The molecule has 0 bridgehead atoms. The normalized spacial score (nSPS) is 22.1. The molecular formula is C11H14ClFN2O2S. The number of hydrogen-bond donors (Lipinski definition) is 1. The molecule has 2 rings (SSSR count). The van der Waals surface area contributed by atoms with Gasteiger partial charge < -0.3 is 5.73 Å². The van der Waals surface area contributed by atoms with E-state index < -0.39 is 15.8 Å². The van der Waals surface area contributed by atoms with Crippen LogP contribution < -0.4 is 5.73 Å². The molecule has 0 aliphatic carbocycles. The Kier molecular flexibility index (Phi) is 3.91. The van der Waals surface area contributed by atoms with Crippen LogP contribution in [0.5, 0.6) is 0 Å². The zero-order valence-corrected chi connectivity index (χ0v) is 11.2. The minimum atomic E-state index is -3.85. The van der Waals surface area contributed by atoms with E-state index in [0.717, 1.165) is 6.42 Å². The van der Waals surface area contributed by atoms with E-state index in [1.807, 2.05) is 0 Å². The van der Waals surface area contributed by atoms with E-state index in [9.17, 15) is 12.8 Å². The highest BCUT2D eigenvalue weighted by atomic mass is 35.5. The largest absolute Gasteiger partial charge is 0.327 e. The quantitative estimate of drug-likeness (QED) is 0.900. The maximum Gasteiger partial charge on any atom is 0.246 e. The van der Waals surface area contributed by atoms with Gasteiger partial charge in [-0.15, -0.1) is 0 Å². The molecule has 0 saturated carbocycles. The molecular weight excluding hydrogens is 279 g/mol. The molecule has 1 fully saturated rings. The lowest BCUT2D eigenvalue weighted by atomic mass is 10.1. The number of sulfonamides is 1. The summed E-state index contributed by atoms with van der Waals surface area (Å²) in [5.41, 5.74) is 5.74. The standard InChI is InChI=1S/C11H14ClFN2O2S/c12-9-4-1-5-10(11(9)13)18(16,17)15-6-2-3-8(14)7-15/h1,4-5,8H,2-3,6-7,14H2/t8-/m0/s1. The fourth-order valence-electron chi connectivity index (χ4n) is 2.01. The summed E-state index contributed by atoms with van der Waals surface area (Å²) >= 11 is 5.60. The van der Waals surface area contributed by atoms with Crippen molar-refractivity contribution in [1.82, 2.24) is 4.31 Å². The smallest absolute Gasteiger partial charge is 0.246 e. The van der Waals surface area contributed by atoms with Crippen LogP contribution in [0.2, 0.25) is 5.02 Å². The third kappa shape index (κ3) is 2.51. The van der Waals surface area contributed by atoms with Crippen LogP contribution in [-0.4, -0.2) is 31.9 Å². The van der Waals surface area contributed by atoms with Crippen molar-refractivity contribution < 1.29 is 12.8 Å². The van der Waals surface area contributed by atoms with Crippen molar-refractivity contribution in [3.63, 3.8) is 0 Å².